The first-order valence-electron chi connectivity index (χ1n) is 16.3. The molecule has 0 heterocycles. The van der Waals surface area contributed by atoms with E-state index in [-0.39, 0.29) is 73.6 Å². The summed E-state index contributed by atoms with van der Waals surface area (Å²) in [6.07, 6.45) is 0. The molecule has 0 amide bonds. The third-order valence-electron chi connectivity index (χ3n) is 8.41. The van der Waals surface area contributed by atoms with E-state index in [0.717, 1.165) is 12.1 Å². The van der Waals surface area contributed by atoms with Crippen molar-refractivity contribution in [2.24, 2.45) is 0 Å². The largest absolute Gasteiger partial charge is 0.387 e. The van der Waals surface area contributed by atoms with Crippen LogP contribution in [0.4, 0.5) is 0 Å². The average molecular weight is 934 g/mol. The Kier molecular flexibility index (Phi) is 13.3. The second kappa shape index (κ2) is 18.0. The van der Waals surface area contributed by atoms with Crippen LogP contribution in [0.1, 0.15) is 84.4 Å². The lowest BCUT2D eigenvalue weighted by atomic mass is 9.89. The molecule has 0 aliphatic rings. The Bertz CT molecular complexity index is 2560. The highest BCUT2D eigenvalue weighted by Crippen LogP contribution is 2.33. The molecule has 0 fully saturated rings. The molecule has 0 saturated heterocycles. The highest BCUT2D eigenvalue weighted by Gasteiger charge is 2.32. The van der Waals surface area contributed by atoms with Crippen LogP contribution in [-0.2, 0) is 9.78 Å². The van der Waals surface area contributed by atoms with Gasteiger partial charge in [-0.05, 0) is 84.9 Å². The number of rotatable bonds is 10. The van der Waals surface area contributed by atoms with Gasteiger partial charge >= 0.3 is 11.9 Å². The molecule has 58 heavy (non-hydrogen) atoms. The van der Waals surface area contributed by atoms with Crippen molar-refractivity contribution in [3.8, 4) is 0 Å². The van der Waals surface area contributed by atoms with E-state index in [2.05, 4.69) is 0 Å². The highest BCUT2D eigenvalue weighted by molar-refractivity contribution is 6.41. The number of hydrogen-bond donors (Lipinski definition) is 0. The number of halogens is 8. The number of carbonyl (C=O) groups is 6. The molecule has 0 saturated carbocycles. The monoisotopic (exact) mass is 930 g/mol. The van der Waals surface area contributed by atoms with Crippen molar-refractivity contribution in [3.05, 3.63) is 205 Å². The Hall–Kier alpha value is -4.74. The molecule has 6 aromatic carbocycles. The predicted molar refractivity (Wildman–Crippen MR) is 223 cm³/mol. The zero-order valence-electron chi connectivity index (χ0n) is 28.7. The van der Waals surface area contributed by atoms with Crippen LogP contribution in [0.15, 0.2) is 109 Å². The van der Waals surface area contributed by atoms with E-state index in [1.165, 1.54) is 97.1 Å². The van der Waals surface area contributed by atoms with Gasteiger partial charge in [-0.2, -0.15) is 0 Å². The van der Waals surface area contributed by atoms with E-state index in [9.17, 15) is 28.8 Å². The minimum Gasteiger partial charge on any atom is -0.289 e. The summed E-state index contributed by atoms with van der Waals surface area (Å²) in [6.45, 7) is 0. The Morgan fingerprint density at radius 1 is 0.310 bits per heavy atom. The summed E-state index contributed by atoms with van der Waals surface area (Å²) in [5.74, 6) is -6.23. The van der Waals surface area contributed by atoms with E-state index >= 15 is 0 Å². The fraction of sp³-hybridized carbons (Fsp3) is 0. The van der Waals surface area contributed by atoms with Crippen molar-refractivity contribution in [3.63, 3.8) is 0 Å². The molecule has 0 bridgehead atoms. The molecular weight excluding hydrogens is 916 g/mol. The summed E-state index contributed by atoms with van der Waals surface area (Å²) in [4.78, 5) is 93.7. The topological polar surface area (TPSA) is 121 Å². The van der Waals surface area contributed by atoms with E-state index < -0.39 is 57.3 Å². The average Bonchev–Trinajstić information content (AvgIpc) is 3.18. The summed E-state index contributed by atoms with van der Waals surface area (Å²) in [5.41, 5.74) is -3.10. The van der Waals surface area contributed by atoms with Crippen LogP contribution < -0.4 is 0 Å². The lowest BCUT2D eigenvalue weighted by molar-refractivity contribution is -0.187. The van der Waals surface area contributed by atoms with Gasteiger partial charge < -0.3 is 0 Å². The summed E-state index contributed by atoms with van der Waals surface area (Å²) in [5, 5.41) is 0.541. The zero-order valence-corrected chi connectivity index (χ0v) is 34.7. The van der Waals surface area contributed by atoms with Crippen molar-refractivity contribution >= 4 is 128 Å². The Labute approximate surface area is 368 Å². The second-order valence-electron chi connectivity index (χ2n) is 12.0. The van der Waals surface area contributed by atoms with Gasteiger partial charge in [0.15, 0.2) is 23.1 Å². The Balaban J connectivity index is 1.41. The third kappa shape index (κ3) is 8.95. The first-order valence-corrected chi connectivity index (χ1v) is 19.3. The van der Waals surface area contributed by atoms with Gasteiger partial charge in [0.2, 0.25) is 0 Å². The number of carbonyl (C=O) groups excluding carboxylic acids is 6. The molecule has 6 rings (SSSR count). The van der Waals surface area contributed by atoms with Crippen molar-refractivity contribution in [2.45, 2.75) is 0 Å². The number of ketones is 4. The maximum Gasteiger partial charge on any atom is 0.387 e. The highest BCUT2D eigenvalue weighted by atomic mass is 35.5. The molecule has 0 unspecified atom stereocenters. The summed E-state index contributed by atoms with van der Waals surface area (Å²) in [7, 11) is 0. The summed E-state index contributed by atoms with van der Waals surface area (Å²) in [6, 6.07) is 23.4. The van der Waals surface area contributed by atoms with Gasteiger partial charge in [0.05, 0.1) is 31.2 Å². The molecule has 16 heteroatoms. The molecule has 0 atom stereocenters. The molecule has 0 N–H and O–H groups in total. The van der Waals surface area contributed by atoms with Gasteiger partial charge in [0, 0.05) is 64.6 Å². The molecular formula is C42H18Cl8O8. The standard InChI is InChI=1S/C42H18Cl8O8/c43-19-7-11-23(31(47)15-19)37(51)27-3-1-5-29(35(27)39(53)25-13-9-21(45)17-33(25)49)41(55)57-58-42(56)30-6-2-4-28(38(52)24-12-8-20(44)16-32(24)48)36(30)40(54)26-14-10-22(46)18-34(26)50/h1-18H. The fourth-order valence-corrected chi connectivity index (χ4v) is 7.71. The first-order chi connectivity index (χ1) is 27.6. The Morgan fingerprint density at radius 2 is 0.569 bits per heavy atom. The van der Waals surface area contributed by atoms with Crippen molar-refractivity contribution in [1.82, 2.24) is 0 Å². The molecule has 0 radical (unpaired) electrons. The summed E-state index contributed by atoms with van der Waals surface area (Å²) < 4.78 is 0. The number of benzene rings is 6. The van der Waals surface area contributed by atoms with Crippen molar-refractivity contribution < 1.29 is 38.5 Å². The zero-order chi connectivity index (χ0) is 42.0. The van der Waals surface area contributed by atoms with Crippen molar-refractivity contribution in [1.29, 1.82) is 0 Å². The van der Waals surface area contributed by atoms with E-state index in [1.807, 2.05) is 0 Å². The van der Waals surface area contributed by atoms with Gasteiger partial charge in [0.1, 0.15) is 0 Å². The number of hydrogen-bond acceptors (Lipinski definition) is 8. The van der Waals surface area contributed by atoms with Crippen molar-refractivity contribution in [2.75, 3.05) is 0 Å². The minimum absolute atomic E-state index is 0.0494. The quantitative estimate of drug-likeness (QED) is 0.0756. The van der Waals surface area contributed by atoms with Gasteiger partial charge in [-0.3, -0.25) is 19.2 Å². The molecule has 0 aliphatic carbocycles. The third-order valence-corrected chi connectivity index (χ3v) is 10.6. The van der Waals surface area contributed by atoms with Crippen LogP contribution in [0.5, 0.6) is 0 Å². The molecule has 8 nitrogen and oxygen atoms in total. The molecule has 290 valence electrons. The maximum atomic E-state index is 14.2. The van der Waals surface area contributed by atoms with Crippen LogP contribution >= 0.6 is 92.8 Å². The molecule has 0 aliphatic heterocycles. The SMILES string of the molecule is O=C(OOC(=O)c1cccc(C(=O)c2ccc(Cl)cc2Cl)c1C(=O)c1ccc(Cl)cc1Cl)c1cccc(C(=O)c2ccc(Cl)cc2Cl)c1C(=O)c1ccc(Cl)cc1Cl. The van der Waals surface area contributed by atoms with Gasteiger partial charge in [-0.25, -0.2) is 19.4 Å². The minimum atomic E-state index is -1.42. The van der Waals surface area contributed by atoms with E-state index in [0.29, 0.717) is 0 Å². The molecule has 0 aromatic heterocycles. The van der Waals surface area contributed by atoms with E-state index in [1.54, 1.807) is 0 Å². The van der Waals surface area contributed by atoms with Crippen LogP contribution in [0.3, 0.4) is 0 Å². The summed E-state index contributed by atoms with van der Waals surface area (Å²) >= 11 is 49.6. The van der Waals surface area contributed by atoms with Gasteiger partial charge in [0.25, 0.3) is 0 Å². The Morgan fingerprint density at radius 3 is 0.845 bits per heavy atom. The van der Waals surface area contributed by atoms with Crippen LogP contribution in [0, 0.1) is 0 Å². The van der Waals surface area contributed by atoms with Crippen LogP contribution in [-0.4, -0.2) is 35.1 Å². The predicted octanol–water partition coefficient (Wildman–Crippen LogP) is 12.8. The normalized spacial score (nSPS) is 10.8. The smallest absolute Gasteiger partial charge is 0.289 e. The van der Waals surface area contributed by atoms with Gasteiger partial charge in [-0.1, -0.05) is 117 Å². The van der Waals surface area contributed by atoms with Crippen LogP contribution in [0.2, 0.25) is 40.2 Å². The lowest BCUT2D eigenvalue weighted by Crippen LogP contribution is -2.21. The van der Waals surface area contributed by atoms with Crippen LogP contribution in [0.25, 0.3) is 0 Å². The lowest BCUT2D eigenvalue weighted by Gasteiger charge is -2.15. The maximum absolute atomic E-state index is 14.2. The van der Waals surface area contributed by atoms with E-state index in [4.69, 9.17) is 103 Å². The second-order valence-corrected chi connectivity index (χ2v) is 15.4. The molecule has 6 aromatic rings. The van der Waals surface area contributed by atoms with Gasteiger partial charge in [-0.15, -0.1) is 0 Å². The first kappa shape index (κ1) is 42.9. The molecule has 0 spiro atoms. The fourth-order valence-electron chi connectivity index (χ4n) is 5.73.